The Kier molecular flexibility index (Phi) is 6.70. The van der Waals surface area contributed by atoms with Gasteiger partial charge in [0, 0.05) is 5.56 Å². The standard InChI is InChI=1S/C20H16F3NO2S/c1-3-13-8-10-14(11-9-13)16(12-24)18(26-19(25)27-2)15-6-4-5-7-17(15)20(21,22)23/h4-11H,3H2,1-2H3. The molecule has 7 heteroatoms. The molecule has 0 unspecified atom stereocenters. The van der Waals surface area contributed by atoms with Gasteiger partial charge in [0.25, 0.3) is 0 Å². The van der Waals surface area contributed by atoms with Crippen molar-refractivity contribution in [1.82, 2.24) is 0 Å². The Morgan fingerprint density at radius 2 is 1.78 bits per heavy atom. The third-order valence-corrected chi connectivity index (χ3v) is 4.24. The number of nitriles is 1. The van der Waals surface area contributed by atoms with Crippen molar-refractivity contribution >= 4 is 28.4 Å². The van der Waals surface area contributed by atoms with Crippen LogP contribution >= 0.6 is 11.8 Å². The smallest absolute Gasteiger partial charge is 0.416 e. The fraction of sp³-hybridized carbons (Fsp3) is 0.200. The second-order valence-electron chi connectivity index (χ2n) is 5.47. The van der Waals surface area contributed by atoms with Crippen LogP contribution in [0.3, 0.4) is 0 Å². The molecule has 0 fully saturated rings. The van der Waals surface area contributed by atoms with Crippen LogP contribution in [0, 0.1) is 11.3 Å². The molecule has 0 bridgehead atoms. The van der Waals surface area contributed by atoms with E-state index in [1.807, 2.05) is 13.0 Å². The number of allylic oxidation sites excluding steroid dienone is 1. The van der Waals surface area contributed by atoms with Crippen molar-refractivity contribution in [3.8, 4) is 6.07 Å². The van der Waals surface area contributed by atoms with E-state index in [1.54, 1.807) is 24.3 Å². The Balaban J connectivity index is 2.75. The Labute approximate surface area is 159 Å². The number of halogens is 3. The first-order valence-electron chi connectivity index (χ1n) is 7.97. The molecule has 2 aromatic carbocycles. The molecule has 0 aliphatic carbocycles. The lowest BCUT2D eigenvalue weighted by atomic mass is 9.97. The second kappa shape index (κ2) is 8.78. The Morgan fingerprint density at radius 1 is 1.15 bits per heavy atom. The number of hydrogen-bond acceptors (Lipinski definition) is 4. The molecule has 0 atom stereocenters. The summed E-state index contributed by atoms with van der Waals surface area (Å²) in [5, 5.41) is 8.82. The third kappa shape index (κ3) is 4.92. The van der Waals surface area contributed by atoms with E-state index < -0.39 is 22.8 Å². The van der Waals surface area contributed by atoms with Crippen molar-refractivity contribution in [1.29, 1.82) is 5.26 Å². The van der Waals surface area contributed by atoms with Crippen molar-refractivity contribution in [3.05, 3.63) is 70.8 Å². The highest BCUT2D eigenvalue weighted by Crippen LogP contribution is 2.38. The molecule has 2 aromatic rings. The molecule has 0 aliphatic rings. The van der Waals surface area contributed by atoms with Gasteiger partial charge in [-0.2, -0.15) is 18.4 Å². The molecule has 140 valence electrons. The van der Waals surface area contributed by atoms with E-state index in [4.69, 9.17) is 4.74 Å². The minimum atomic E-state index is -4.67. The molecular formula is C20H16F3NO2S. The molecule has 0 saturated carbocycles. The summed E-state index contributed by atoms with van der Waals surface area (Å²) in [5.41, 5.74) is -0.0999. The number of benzene rings is 2. The molecule has 0 aromatic heterocycles. The summed E-state index contributed by atoms with van der Waals surface area (Å²) in [6.45, 7) is 1.96. The molecule has 0 aliphatic heterocycles. The number of carbonyl (C=O) groups is 1. The monoisotopic (exact) mass is 391 g/mol. The van der Waals surface area contributed by atoms with E-state index >= 15 is 0 Å². The van der Waals surface area contributed by atoms with Crippen LogP contribution < -0.4 is 0 Å². The second-order valence-corrected chi connectivity index (χ2v) is 6.21. The highest BCUT2D eigenvalue weighted by molar-refractivity contribution is 8.12. The van der Waals surface area contributed by atoms with Gasteiger partial charge in [-0.1, -0.05) is 49.4 Å². The first-order chi connectivity index (χ1) is 12.8. The summed E-state index contributed by atoms with van der Waals surface area (Å²) >= 11 is 0.704. The van der Waals surface area contributed by atoms with Crippen molar-refractivity contribution in [3.63, 3.8) is 0 Å². The Hall–Kier alpha value is -2.72. The lowest BCUT2D eigenvalue weighted by Gasteiger charge is -2.16. The third-order valence-electron chi connectivity index (χ3n) is 3.82. The SMILES string of the molecule is CCc1ccc(C(C#N)=C(OC(=O)SC)c2ccccc2C(F)(F)F)cc1. The molecule has 2 rings (SSSR count). The fourth-order valence-corrected chi connectivity index (χ4v) is 2.61. The van der Waals surface area contributed by atoms with Gasteiger partial charge in [0.1, 0.15) is 11.6 Å². The van der Waals surface area contributed by atoms with Crippen LogP contribution in [0.5, 0.6) is 0 Å². The molecule has 0 amide bonds. The zero-order valence-corrected chi connectivity index (χ0v) is 15.4. The zero-order valence-electron chi connectivity index (χ0n) is 14.6. The lowest BCUT2D eigenvalue weighted by Crippen LogP contribution is -2.11. The number of thioether (sulfide) groups is 1. The summed E-state index contributed by atoms with van der Waals surface area (Å²) in [7, 11) is 0. The van der Waals surface area contributed by atoms with Crippen LogP contribution in [0.4, 0.5) is 18.0 Å². The number of rotatable bonds is 4. The molecule has 3 nitrogen and oxygen atoms in total. The summed E-state index contributed by atoms with van der Waals surface area (Å²) in [5.74, 6) is -0.408. The summed E-state index contributed by atoms with van der Waals surface area (Å²) in [4.78, 5) is 11.8. The topological polar surface area (TPSA) is 50.1 Å². The van der Waals surface area contributed by atoms with Gasteiger partial charge in [0.05, 0.1) is 5.56 Å². The predicted octanol–water partition coefficient (Wildman–Crippen LogP) is 6.16. The number of carbonyl (C=O) groups excluding carboxylic acids is 1. The maximum Gasteiger partial charge on any atom is 0.417 e. The summed E-state index contributed by atoms with van der Waals surface area (Å²) < 4.78 is 45.5. The molecule has 0 spiro atoms. The molecule has 0 radical (unpaired) electrons. The molecule has 0 heterocycles. The highest BCUT2D eigenvalue weighted by atomic mass is 32.2. The number of aryl methyl sites for hydroxylation is 1. The normalized spacial score (nSPS) is 12.1. The summed E-state index contributed by atoms with van der Waals surface area (Å²) in [6, 6.07) is 13.4. The lowest BCUT2D eigenvalue weighted by molar-refractivity contribution is -0.137. The average molecular weight is 391 g/mol. The largest absolute Gasteiger partial charge is 0.417 e. The van der Waals surface area contributed by atoms with E-state index in [0.29, 0.717) is 17.3 Å². The first kappa shape index (κ1) is 20.6. The number of ether oxygens (including phenoxy) is 1. The number of hydrogen-bond donors (Lipinski definition) is 0. The van der Waals surface area contributed by atoms with E-state index in [-0.39, 0.29) is 11.1 Å². The fourth-order valence-electron chi connectivity index (χ4n) is 2.45. The van der Waals surface area contributed by atoms with Crippen molar-refractivity contribution < 1.29 is 22.7 Å². The molecule has 0 N–H and O–H groups in total. The Morgan fingerprint density at radius 3 is 2.30 bits per heavy atom. The van der Waals surface area contributed by atoms with Gasteiger partial charge in [0.2, 0.25) is 0 Å². The highest BCUT2D eigenvalue weighted by Gasteiger charge is 2.35. The van der Waals surface area contributed by atoms with Crippen molar-refractivity contribution in [2.24, 2.45) is 0 Å². The van der Waals surface area contributed by atoms with Gasteiger partial charge < -0.3 is 4.74 Å². The van der Waals surface area contributed by atoms with Gasteiger partial charge in [-0.3, -0.25) is 0 Å². The molecule has 27 heavy (non-hydrogen) atoms. The van der Waals surface area contributed by atoms with Crippen LogP contribution in [0.25, 0.3) is 11.3 Å². The molecular weight excluding hydrogens is 375 g/mol. The van der Waals surface area contributed by atoms with Gasteiger partial charge in [-0.15, -0.1) is 0 Å². The Bertz CT molecular complexity index is 897. The van der Waals surface area contributed by atoms with E-state index in [2.05, 4.69) is 0 Å². The number of alkyl halides is 3. The van der Waals surface area contributed by atoms with Crippen LogP contribution in [0.1, 0.15) is 29.2 Å². The van der Waals surface area contributed by atoms with Crippen LogP contribution in [0.15, 0.2) is 48.5 Å². The van der Waals surface area contributed by atoms with E-state index in [9.17, 15) is 23.2 Å². The van der Waals surface area contributed by atoms with Gasteiger partial charge >= 0.3 is 11.5 Å². The number of nitrogens with zero attached hydrogens (tertiary/aromatic N) is 1. The predicted molar refractivity (Wildman–Crippen MR) is 99.7 cm³/mol. The van der Waals surface area contributed by atoms with Gasteiger partial charge in [-0.25, -0.2) is 4.79 Å². The van der Waals surface area contributed by atoms with E-state index in [0.717, 1.165) is 18.1 Å². The maximum atomic E-state index is 13.4. The maximum absolute atomic E-state index is 13.4. The van der Waals surface area contributed by atoms with E-state index in [1.165, 1.54) is 24.5 Å². The summed E-state index contributed by atoms with van der Waals surface area (Å²) in [6.07, 6.45) is -2.45. The van der Waals surface area contributed by atoms with Gasteiger partial charge in [0.15, 0.2) is 5.76 Å². The van der Waals surface area contributed by atoms with Crippen LogP contribution in [-0.4, -0.2) is 11.6 Å². The van der Waals surface area contributed by atoms with Crippen molar-refractivity contribution in [2.45, 2.75) is 19.5 Å². The van der Waals surface area contributed by atoms with Crippen molar-refractivity contribution in [2.75, 3.05) is 6.26 Å². The van der Waals surface area contributed by atoms with Gasteiger partial charge in [-0.05, 0) is 41.6 Å². The minimum Gasteiger partial charge on any atom is -0.416 e. The first-order valence-corrected chi connectivity index (χ1v) is 9.20. The minimum absolute atomic E-state index is 0.142. The average Bonchev–Trinajstić information content (AvgIpc) is 2.67. The zero-order chi connectivity index (χ0) is 20.0. The molecule has 0 saturated heterocycles. The van der Waals surface area contributed by atoms with Crippen LogP contribution in [0.2, 0.25) is 0 Å². The quantitative estimate of drug-likeness (QED) is 0.271. The van der Waals surface area contributed by atoms with Crippen LogP contribution in [-0.2, 0) is 17.3 Å².